The summed E-state index contributed by atoms with van der Waals surface area (Å²) in [7, 11) is 0. The maximum atomic E-state index is 11.4. The number of aromatic hydroxyl groups is 1. The van der Waals surface area contributed by atoms with Crippen LogP contribution in [0.5, 0.6) is 5.75 Å². The third-order valence-electron chi connectivity index (χ3n) is 1.75. The SMILES string of the molecule is CCCNC(=O)c1ccc(O)c(Cl)c1. The first-order valence-electron chi connectivity index (χ1n) is 4.42. The number of carbonyl (C=O) groups excluding carboxylic acids is 1. The van der Waals surface area contributed by atoms with E-state index in [1.807, 2.05) is 6.92 Å². The van der Waals surface area contributed by atoms with Gasteiger partial charge in [0.05, 0.1) is 5.02 Å². The number of halogens is 1. The molecule has 0 unspecified atom stereocenters. The van der Waals surface area contributed by atoms with Gasteiger partial charge in [-0.3, -0.25) is 4.79 Å². The fourth-order valence-electron chi connectivity index (χ4n) is 0.989. The molecular weight excluding hydrogens is 202 g/mol. The van der Waals surface area contributed by atoms with Gasteiger partial charge in [-0.25, -0.2) is 0 Å². The molecule has 0 spiro atoms. The molecule has 4 heteroatoms. The van der Waals surface area contributed by atoms with Gasteiger partial charge in [-0.2, -0.15) is 0 Å². The molecule has 0 saturated heterocycles. The summed E-state index contributed by atoms with van der Waals surface area (Å²) in [6, 6.07) is 4.39. The van der Waals surface area contributed by atoms with Gasteiger partial charge in [0, 0.05) is 12.1 Å². The number of phenolic OH excluding ortho intramolecular Hbond substituents is 1. The van der Waals surface area contributed by atoms with Crippen molar-refractivity contribution in [2.75, 3.05) is 6.54 Å². The molecule has 0 radical (unpaired) electrons. The topological polar surface area (TPSA) is 49.3 Å². The molecule has 0 bridgehead atoms. The summed E-state index contributed by atoms with van der Waals surface area (Å²) in [5.74, 6) is -0.188. The van der Waals surface area contributed by atoms with Crippen molar-refractivity contribution in [3.05, 3.63) is 28.8 Å². The Balaban J connectivity index is 2.76. The van der Waals surface area contributed by atoms with Crippen molar-refractivity contribution in [2.24, 2.45) is 0 Å². The number of nitrogens with one attached hydrogen (secondary N) is 1. The summed E-state index contributed by atoms with van der Waals surface area (Å²) in [6.45, 7) is 2.61. The standard InChI is InChI=1S/C10H12ClNO2/c1-2-5-12-10(14)7-3-4-9(13)8(11)6-7/h3-4,6,13H,2,5H2,1H3,(H,12,14). The highest BCUT2D eigenvalue weighted by molar-refractivity contribution is 6.32. The molecule has 14 heavy (non-hydrogen) atoms. The van der Waals surface area contributed by atoms with Crippen molar-refractivity contribution in [1.29, 1.82) is 0 Å². The van der Waals surface area contributed by atoms with Gasteiger partial charge in [0.1, 0.15) is 5.75 Å². The van der Waals surface area contributed by atoms with E-state index < -0.39 is 0 Å². The summed E-state index contributed by atoms with van der Waals surface area (Å²) < 4.78 is 0. The van der Waals surface area contributed by atoms with E-state index in [-0.39, 0.29) is 16.7 Å². The molecule has 0 fully saturated rings. The molecule has 76 valence electrons. The Morgan fingerprint density at radius 1 is 1.57 bits per heavy atom. The van der Waals surface area contributed by atoms with Crippen molar-refractivity contribution < 1.29 is 9.90 Å². The predicted octanol–water partition coefficient (Wildman–Crippen LogP) is 2.19. The van der Waals surface area contributed by atoms with Crippen LogP contribution >= 0.6 is 11.6 Å². The van der Waals surface area contributed by atoms with E-state index in [1.54, 1.807) is 0 Å². The summed E-state index contributed by atoms with van der Waals surface area (Å²) in [5, 5.41) is 12.0. The average molecular weight is 214 g/mol. The number of rotatable bonds is 3. The Morgan fingerprint density at radius 2 is 2.29 bits per heavy atom. The molecule has 0 aliphatic rings. The number of phenols is 1. The molecule has 2 N–H and O–H groups in total. The van der Waals surface area contributed by atoms with E-state index in [0.29, 0.717) is 12.1 Å². The van der Waals surface area contributed by atoms with Crippen LogP contribution in [0.4, 0.5) is 0 Å². The van der Waals surface area contributed by atoms with Crippen LogP contribution in [0, 0.1) is 0 Å². The fourth-order valence-corrected chi connectivity index (χ4v) is 1.17. The highest BCUT2D eigenvalue weighted by atomic mass is 35.5. The van der Waals surface area contributed by atoms with E-state index in [4.69, 9.17) is 16.7 Å². The summed E-state index contributed by atoms with van der Waals surface area (Å²) >= 11 is 5.66. The minimum Gasteiger partial charge on any atom is -0.506 e. The van der Waals surface area contributed by atoms with Crippen molar-refractivity contribution in [1.82, 2.24) is 5.32 Å². The molecule has 0 aromatic heterocycles. The highest BCUT2D eigenvalue weighted by Gasteiger charge is 2.06. The van der Waals surface area contributed by atoms with Gasteiger partial charge < -0.3 is 10.4 Å². The minimum absolute atomic E-state index is 0.0151. The van der Waals surface area contributed by atoms with Gasteiger partial charge >= 0.3 is 0 Å². The molecule has 1 aromatic rings. The van der Waals surface area contributed by atoms with Gasteiger partial charge in [-0.05, 0) is 24.6 Å². The Morgan fingerprint density at radius 3 is 2.86 bits per heavy atom. The van der Waals surface area contributed by atoms with E-state index in [9.17, 15) is 4.79 Å². The number of benzene rings is 1. The van der Waals surface area contributed by atoms with Gasteiger partial charge in [0.15, 0.2) is 0 Å². The third-order valence-corrected chi connectivity index (χ3v) is 2.05. The number of carbonyl (C=O) groups is 1. The molecule has 1 rings (SSSR count). The van der Waals surface area contributed by atoms with Crippen LogP contribution in [0.3, 0.4) is 0 Å². The molecule has 0 aliphatic carbocycles. The largest absolute Gasteiger partial charge is 0.506 e. The van der Waals surface area contributed by atoms with Crippen molar-refractivity contribution in [3.8, 4) is 5.75 Å². The van der Waals surface area contributed by atoms with Gasteiger partial charge in [0.25, 0.3) is 5.91 Å². The molecular formula is C10H12ClNO2. The minimum atomic E-state index is -0.172. The summed E-state index contributed by atoms with van der Waals surface area (Å²) in [4.78, 5) is 11.4. The van der Waals surface area contributed by atoms with E-state index >= 15 is 0 Å². The van der Waals surface area contributed by atoms with E-state index in [2.05, 4.69) is 5.32 Å². The Labute approximate surface area is 87.7 Å². The lowest BCUT2D eigenvalue weighted by atomic mass is 10.2. The van der Waals surface area contributed by atoms with Gasteiger partial charge in [-0.15, -0.1) is 0 Å². The van der Waals surface area contributed by atoms with Crippen LogP contribution in [-0.2, 0) is 0 Å². The van der Waals surface area contributed by atoms with Crippen molar-refractivity contribution in [2.45, 2.75) is 13.3 Å². The number of hydrogen-bond donors (Lipinski definition) is 2. The lowest BCUT2D eigenvalue weighted by Crippen LogP contribution is -2.23. The molecule has 0 aliphatic heterocycles. The van der Waals surface area contributed by atoms with Crippen LogP contribution in [0.2, 0.25) is 5.02 Å². The Kier molecular flexibility index (Phi) is 3.77. The molecule has 1 amide bonds. The van der Waals surface area contributed by atoms with Crippen LogP contribution in [0.25, 0.3) is 0 Å². The number of amides is 1. The molecule has 0 saturated carbocycles. The smallest absolute Gasteiger partial charge is 0.251 e. The highest BCUT2D eigenvalue weighted by Crippen LogP contribution is 2.23. The predicted molar refractivity (Wildman–Crippen MR) is 55.7 cm³/mol. The van der Waals surface area contributed by atoms with Crippen LogP contribution < -0.4 is 5.32 Å². The second-order valence-corrected chi connectivity index (χ2v) is 3.33. The van der Waals surface area contributed by atoms with Crippen molar-refractivity contribution >= 4 is 17.5 Å². The second kappa shape index (κ2) is 4.86. The van der Waals surface area contributed by atoms with Gasteiger partial charge in [0.2, 0.25) is 0 Å². The molecule has 0 heterocycles. The van der Waals surface area contributed by atoms with Crippen LogP contribution in [-0.4, -0.2) is 17.6 Å². The van der Waals surface area contributed by atoms with Crippen LogP contribution in [0.1, 0.15) is 23.7 Å². The first kappa shape index (κ1) is 10.9. The van der Waals surface area contributed by atoms with Gasteiger partial charge in [-0.1, -0.05) is 18.5 Å². The molecule has 3 nitrogen and oxygen atoms in total. The van der Waals surface area contributed by atoms with Crippen molar-refractivity contribution in [3.63, 3.8) is 0 Å². The summed E-state index contributed by atoms with van der Waals surface area (Å²) in [6.07, 6.45) is 0.886. The summed E-state index contributed by atoms with van der Waals surface area (Å²) in [5.41, 5.74) is 0.459. The second-order valence-electron chi connectivity index (χ2n) is 2.92. The average Bonchev–Trinajstić information content (AvgIpc) is 2.18. The number of hydrogen-bond acceptors (Lipinski definition) is 2. The zero-order valence-corrected chi connectivity index (χ0v) is 8.64. The van der Waals surface area contributed by atoms with E-state index in [1.165, 1.54) is 18.2 Å². The first-order valence-corrected chi connectivity index (χ1v) is 4.79. The maximum absolute atomic E-state index is 11.4. The normalized spacial score (nSPS) is 9.86. The zero-order valence-electron chi connectivity index (χ0n) is 7.88. The van der Waals surface area contributed by atoms with Crippen LogP contribution in [0.15, 0.2) is 18.2 Å². The first-order chi connectivity index (χ1) is 6.65. The lowest BCUT2D eigenvalue weighted by molar-refractivity contribution is 0.0953. The van der Waals surface area contributed by atoms with E-state index in [0.717, 1.165) is 6.42 Å². The Bertz CT molecular complexity index is 339. The monoisotopic (exact) mass is 213 g/mol. The molecule has 1 aromatic carbocycles. The zero-order chi connectivity index (χ0) is 10.6. The Hall–Kier alpha value is -1.22. The fraction of sp³-hybridized carbons (Fsp3) is 0.300. The lowest BCUT2D eigenvalue weighted by Gasteiger charge is -2.04. The maximum Gasteiger partial charge on any atom is 0.251 e. The quantitative estimate of drug-likeness (QED) is 0.809. The third kappa shape index (κ3) is 2.64. The molecule has 0 atom stereocenters.